The number of Topliss-reactive ketones (excluding diaryl/α,β-unsaturated/α-hetero) is 1. The standard InChI is InChI=1S/C25H13Cl9N2O4/c1-9(17(37)10-2-5-12(26)6-3-10)35(20(38)11-4-7-13(27)14(28)8-11)36-21(39)15-16(22(36)40)24(32)19(30)18(29)23(15,31)25(24,33)34/h2-9,15-16H,1H3/t9-,15-,16-,23-,24-/m1/s1. The van der Waals surface area contributed by atoms with Crippen LogP contribution in [0.3, 0.4) is 0 Å². The number of amides is 3. The Morgan fingerprint density at radius 2 is 1.25 bits per heavy atom. The predicted molar refractivity (Wildman–Crippen MR) is 157 cm³/mol. The molecule has 5 atom stereocenters. The number of fused-ring (bicyclic) bond motifs is 5. The molecule has 1 saturated carbocycles. The van der Waals surface area contributed by atoms with E-state index in [1.807, 2.05) is 0 Å². The Balaban J connectivity index is 1.64. The molecule has 3 amide bonds. The topological polar surface area (TPSA) is 74.8 Å². The average Bonchev–Trinajstić information content (AvgIpc) is 3.29. The summed E-state index contributed by atoms with van der Waals surface area (Å²) >= 11 is 57.6. The molecule has 5 rings (SSSR count). The van der Waals surface area contributed by atoms with Crippen molar-refractivity contribution >= 4 is 128 Å². The normalized spacial score (nSPS) is 29.2. The number of imide groups is 1. The number of hydrazine groups is 1. The van der Waals surface area contributed by atoms with Gasteiger partial charge in [0.25, 0.3) is 17.7 Å². The summed E-state index contributed by atoms with van der Waals surface area (Å²) in [7, 11) is 0. The molecule has 0 spiro atoms. The summed E-state index contributed by atoms with van der Waals surface area (Å²) < 4.78 is -2.17. The Kier molecular flexibility index (Phi) is 7.69. The van der Waals surface area contributed by atoms with Crippen molar-refractivity contribution in [2.45, 2.75) is 27.0 Å². The molecule has 2 aromatic carbocycles. The fourth-order valence-electron chi connectivity index (χ4n) is 5.36. The first-order valence-corrected chi connectivity index (χ1v) is 14.7. The van der Waals surface area contributed by atoms with Gasteiger partial charge in [-0.15, -0.1) is 23.2 Å². The van der Waals surface area contributed by atoms with Gasteiger partial charge in [0.1, 0.15) is 15.8 Å². The van der Waals surface area contributed by atoms with Gasteiger partial charge in [0.2, 0.25) is 0 Å². The first-order chi connectivity index (χ1) is 18.5. The van der Waals surface area contributed by atoms with Gasteiger partial charge in [0, 0.05) is 16.1 Å². The average molecular weight is 724 g/mol. The van der Waals surface area contributed by atoms with Crippen LogP contribution in [0.1, 0.15) is 27.6 Å². The Morgan fingerprint density at radius 3 is 1.73 bits per heavy atom. The molecule has 2 aliphatic carbocycles. The lowest BCUT2D eigenvalue weighted by atomic mass is 9.84. The van der Waals surface area contributed by atoms with Crippen molar-refractivity contribution in [3.63, 3.8) is 0 Å². The Hall–Kier alpha value is -0.930. The van der Waals surface area contributed by atoms with E-state index in [0.717, 1.165) is 0 Å². The summed E-state index contributed by atoms with van der Waals surface area (Å²) in [6.07, 6.45) is 0. The molecule has 0 aromatic heterocycles. The van der Waals surface area contributed by atoms with Gasteiger partial charge >= 0.3 is 0 Å². The molecule has 0 unspecified atom stereocenters. The largest absolute Gasteiger partial charge is 0.292 e. The number of carbonyl (C=O) groups is 4. The lowest BCUT2D eigenvalue weighted by Gasteiger charge is -2.38. The van der Waals surface area contributed by atoms with E-state index in [1.54, 1.807) is 0 Å². The second-order valence-corrected chi connectivity index (χ2v) is 13.9. The van der Waals surface area contributed by atoms with Crippen LogP contribution in [0.4, 0.5) is 0 Å². The first-order valence-electron chi connectivity index (χ1n) is 11.3. The highest BCUT2D eigenvalue weighted by atomic mass is 35.5. The van der Waals surface area contributed by atoms with Crippen molar-refractivity contribution in [1.29, 1.82) is 0 Å². The third-order valence-corrected chi connectivity index (χ3v) is 12.6. The fourth-order valence-corrected chi connectivity index (χ4v) is 8.71. The minimum absolute atomic E-state index is 0.0226. The van der Waals surface area contributed by atoms with E-state index >= 15 is 0 Å². The lowest BCUT2D eigenvalue weighted by Crippen LogP contribution is -2.59. The highest BCUT2D eigenvalue weighted by Crippen LogP contribution is 2.77. The van der Waals surface area contributed by atoms with Crippen molar-refractivity contribution in [3.05, 3.63) is 78.7 Å². The molecule has 3 aliphatic rings. The van der Waals surface area contributed by atoms with Gasteiger partial charge < -0.3 is 0 Å². The Bertz CT molecular complexity index is 1500. The number of allylic oxidation sites excluding steroid dienone is 2. The maximum Gasteiger partial charge on any atom is 0.273 e. The van der Waals surface area contributed by atoms with E-state index < -0.39 is 55.5 Å². The molecule has 1 heterocycles. The van der Waals surface area contributed by atoms with Gasteiger partial charge in [-0.1, -0.05) is 81.2 Å². The molecule has 2 aromatic rings. The van der Waals surface area contributed by atoms with Crippen molar-refractivity contribution in [2.24, 2.45) is 11.8 Å². The number of ketones is 1. The molecule has 6 nitrogen and oxygen atoms in total. The molecule has 0 radical (unpaired) electrons. The van der Waals surface area contributed by atoms with Gasteiger partial charge in [-0.25, -0.2) is 5.01 Å². The second kappa shape index (κ2) is 10.1. The fraction of sp³-hybridized carbons (Fsp3) is 0.280. The highest BCUT2D eigenvalue weighted by Gasteiger charge is 2.88. The lowest BCUT2D eigenvalue weighted by molar-refractivity contribution is -0.157. The van der Waals surface area contributed by atoms with Crippen LogP contribution >= 0.6 is 104 Å². The maximum atomic E-state index is 14.0. The van der Waals surface area contributed by atoms with Crippen LogP contribution in [0, 0.1) is 11.8 Å². The predicted octanol–water partition coefficient (Wildman–Crippen LogP) is 7.72. The number of rotatable bonds is 5. The molecule has 0 N–H and O–H groups in total. The van der Waals surface area contributed by atoms with Crippen molar-refractivity contribution in [3.8, 4) is 0 Å². The Morgan fingerprint density at radius 1 is 0.775 bits per heavy atom. The van der Waals surface area contributed by atoms with Crippen LogP contribution in [0.5, 0.6) is 0 Å². The van der Waals surface area contributed by atoms with E-state index in [9.17, 15) is 19.2 Å². The summed E-state index contributed by atoms with van der Waals surface area (Å²) in [4.78, 5) is 51.4. The number of nitrogens with zero attached hydrogens (tertiary/aromatic N) is 2. The molecule has 40 heavy (non-hydrogen) atoms. The quantitative estimate of drug-likeness (QED) is 0.180. The molecule has 1 saturated heterocycles. The molecule has 1 aliphatic heterocycles. The molecular weight excluding hydrogens is 711 g/mol. The summed E-state index contributed by atoms with van der Waals surface area (Å²) in [6, 6.07) is 8.32. The zero-order valence-corrected chi connectivity index (χ0v) is 26.5. The molecule has 2 fully saturated rings. The van der Waals surface area contributed by atoms with Gasteiger partial charge in [-0.2, -0.15) is 5.01 Å². The van der Waals surface area contributed by atoms with Gasteiger partial charge in [0.05, 0.1) is 31.9 Å². The van der Waals surface area contributed by atoms with Crippen molar-refractivity contribution in [2.75, 3.05) is 0 Å². The van der Waals surface area contributed by atoms with Crippen LogP contribution in [0.2, 0.25) is 15.1 Å². The number of carbonyl (C=O) groups excluding carboxylic acids is 4. The number of benzene rings is 2. The number of alkyl halides is 4. The zero-order chi connectivity index (χ0) is 29.7. The van der Waals surface area contributed by atoms with Crippen molar-refractivity contribution in [1.82, 2.24) is 10.0 Å². The van der Waals surface area contributed by atoms with Crippen LogP contribution in [-0.4, -0.2) is 53.6 Å². The minimum Gasteiger partial charge on any atom is -0.292 e. The third-order valence-electron chi connectivity index (χ3n) is 7.35. The van der Waals surface area contributed by atoms with E-state index in [1.165, 1.54) is 49.4 Å². The highest BCUT2D eigenvalue weighted by molar-refractivity contribution is 6.66. The van der Waals surface area contributed by atoms with Crippen LogP contribution in [0.15, 0.2) is 52.5 Å². The summed E-state index contributed by atoms with van der Waals surface area (Å²) in [5.74, 6) is -6.61. The van der Waals surface area contributed by atoms with Crippen molar-refractivity contribution < 1.29 is 19.2 Å². The third kappa shape index (κ3) is 3.84. The molecular formula is C25H13Cl9N2O4. The molecule has 2 bridgehead atoms. The second-order valence-electron chi connectivity index (χ2n) is 9.40. The van der Waals surface area contributed by atoms with Gasteiger partial charge in [-0.05, 0) is 49.4 Å². The van der Waals surface area contributed by atoms with E-state index in [-0.39, 0.29) is 31.2 Å². The monoisotopic (exact) mass is 720 g/mol. The smallest absolute Gasteiger partial charge is 0.273 e. The zero-order valence-electron chi connectivity index (χ0n) is 19.7. The molecule has 15 heteroatoms. The van der Waals surface area contributed by atoms with E-state index in [2.05, 4.69) is 0 Å². The SMILES string of the molecule is C[C@H](C(=O)c1ccc(Cl)cc1)N(C(=O)c1ccc(Cl)c(Cl)c1)N1C(=O)[C@H]2[C@H](C1=O)[C@@]1(Cl)C(Cl)=C(Cl)[C@@]2(Cl)C1(Cl)Cl. The summed E-state index contributed by atoms with van der Waals surface area (Å²) in [5, 5.41) is 1.18. The van der Waals surface area contributed by atoms with E-state index in [4.69, 9.17) is 104 Å². The summed E-state index contributed by atoms with van der Waals surface area (Å²) in [6.45, 7) is 1.34. The van der Waals surface area contributed by atoms with Gasteiger partial charge in [-0.3, -0.25) is 19.2 Å². The van der Waals surface area contributed by atoms with Crippen LogP contribution < -0.4 is 0 Å². The molecule has 210 valence electrons. The van der Waals surface area contributed by atoms with Crippen LogP contribution in [-0.2, 0) is 9.59 Å². The minimum atomic E-state index is -2.17. The van der Waals surface area contributed by atoms with E-state index in [0.29, 0.717) is 15.0 Å². The number of hydrogen-bond donors (Lipinski definition) is 0. The maximum absolute atomic E-state index is 14.0. The first kappa shape index (κ1) is 30.5. The summed E-state index contributed by atoms with van der Waals surface area (Å²) in [5.41, 5.74) is 0.0734. The number of hydrogen-bond acceptors (Lipinski definition) is 4. The number of halogens is 9. The Labute approximate surface area is 272 Å². The van der Waals surface area contributed by atoms with Crippen LogP contribution in [0.25, 0.3) is 0 Å². The van der Waals surface area contributed by atoms with Gasteiger partial charge in [0.15, 0.2) is 10.1 Å².